The quantitative estimate of drug-likeness (QED) is 0.0231. The van der Waals surface area contributed by atoms with Crippen LogP contribution in [0.5, 0.6) is 0 Å². The Bertz CT molecular complexity index is 4340. The summed E-state index contributed by atoms with van der Waals surface area (Å²) in [5.74, 6) is -3.11. The molecule has 0 atom stereocenters. The summed E-state index contributed by atoms with van der Waals surface area (Å²) >= 11 is 0. The fourth-order valence-corrected chi connectivity index (χ4v) is 12.1. The topological polar surface area (TPSA) is 323 Å². The number of carbonyl (C=O) groups excluding carboxylic acids is 1. The number of nitro benzene ring substituents is 1. The largest absolute Gasteiger partial charge is 0.478 e. The van der Waals surface area contributed by atoms with Gasteiger partial charge in [-0.3, -0.25) is 29.1 Å². The summed E-state index contributed by atoms with van der Waals surface area (Å²) < 4.78 is 82.6. The minimum Gasteiger partial charge on any atom is -0.478 e. The number of aromatic carboxylic acids is 3. The number of benzene rings is 9. The van der Waals surface area contributed by atoms with Gasteiger partial charge in [-0.1, -0.05) is 103 Å². The molecule has 0 saturated carbocycles. The first kappa shape index (κ1) is 66.0. The molecular weight excluding hydrogens is 1200 g/mol. The summed E-state index contributed by atoms with van der Waals surface area (Å²) in [6, 6.07) is 59.0. The Morgan fingerprint density at radius 2 is 0.708 bits per heavy atom. The monoisotopic (exact) mass is 1260 g/mol. The van der Waals surface area contributed by atoms with E-state index in [1.807, 2.05) is 49.4 Å². The lowest BCUT2D eigenvalue weighted by Crippen LogP contribution is -2.14. The highest BCUT2D eigenvalue weighted by atomic mass is 32.2. The molecule has 7 N–H and O–H groups in total. The molecule has 20 nitrogen and oxygen atoms in total. The number of nitrogens with one attached hydrogen (secondary N) is 4. The Labute approximate surface area is 514 Å². The third kappa shape index (κ3) is 20.0. The van der Waals surface area contributed by atoms with Crippen molar-refractivity contribution in [3.63, 3.8) is 0 Å². The van der Waals surface area contributed by atoms with Gasteiger partial charge in [-0.2, -0.15) is 0 Å². The van der Waals surface area contributed by atoms with Crippen LogP contribution in [-0.2, 0) is 73.4 Å². The lowest BCUT2D eigenvalue weighted by atomic mass is 10.0. The predicted octanol–water partition coefficient (Wildman–Crippen LogP) is 12.1. The Balaban J connectivity index is 0.000000190. The molecule has 89 heavy (non-hydrogen) atoms. The fraction of sp³-hybridized carbons (Fsp3) is 0.121. The number of para-hydroxylation sites is 1. The van der Waals surface area contributed by atoms with E-state index < -0.39 is 63.5 Å². The van der Waals surface area contributed by atoms with Crippen molar-refractivity contribution >= 4 is 82.3 Å². The second kappa shape index (κ2) is 30.2. The number of nitro groups is 1. The Hall–Kier alpha value is -10.5. The van der Waals surface area contributed by atoms with Crippen LogP contribution in [0, 0.1) is 17.0 Å². The minimum atomic E-state index is -4.12. The summed E-state index contributed by atoms with van der Waals surface area (Å²) in [7, 11) is -11.5. The molecule has 458 valence electrons. The molecule has 0 aliphatic heterocycles. The van der Waals surface area contributed by atoms with Crippen molar-refractivity contribution in [2.75, 3.05) is 19.5 Å². The average molecular weight is 1260 g/mol. The summed E-state index contributed by atoms with van der Waals surface area (Å²) in [6.45, 7) is 3.28. The molecule has 0 fully saturated rings. The van der Waals surface area contributed by atoms with Crippen molar-refractivity contribution in [3.05, 3.63) is 284 Å². The van der Waals surface area contributed by atoms with Gasteiger partial charge in [0.1, 0.15) is 0 Å². The zero-order valence-corrected chi connectivity index (χ0v) is 50.4. The van der Waals surface area contributed by atoms with Gasteiger partial charge in [0.25, 0.3) is 35.8 Å². The number of hydrogen-bond acceptors (Lipinski definition) is 12. The Morgan fingerprint density at radius 3 is 1.04 bits per heavy atom. The van der Waals surface area contributed by atoms with Gasteiger partial charge < -0.3 is 20.6 Å². The third-order valence-corrected chi connectivity index (χ3v) is 17.6. The van der Waals surface area contributed by atoms with Crippen LogP contribution in [0.3, 0.4) is 0 Å². The van der Waals surface area contributed by atoms with Crippen molar-refractivity contribution in [3.8, 4) is 0 Å². The van der Waals surface area contributed by atoms with Crippen molar-refractivity contribution in [1.29, 1.82) is 0 Å². The second-order valence-corrected chi connectivity index (χ2v) is 25.2. The molecule has 0 unspecified atom stereocenters. The molecule has 0 saturated heterocycles. The van der Waals surface area contributed by atoms with E-state index in [1.165, 1.54) is 55.5 Å². The number of nitrogens with zero attached hydrogens (tertiary/aromatic N) is 1. The first-order chi connectivity index (χ1) is 42.3. The minimum absolute atomic E-state index is 0.0870. The highest BCUT2D eigenvalue weighted by molar-refractivity contribution is 7.93. The number of anilines is 4. The number of sulfonamides is 3. The van der Waals surface area contributed by atoms with Crippen molar-refractivity contribution in [2.24, 2.45) is 0 Å². The van der Waals surface area contributed by atoms with Crippen LogP contribution in [0.4, 0.5) is 28.4 Å². The maximum Gasteiger partial charge on any atom is 0.335 e. The molecule has 0 spiro atoms. The van der Waals surface area contributed by atoms with Gasteiger partial charge in [-0.05, 0) is 194 Å². The summed E-state index contributed by atoms with van der Waals surface area (Å²) in [5.41, 5.74) is 8.73. The highest BCUT2D eigenvalue weighted by Crippen LogP contribution is 2.27. The fourth-order valence-electron chi connectivity index (χ4n) is 8.78. The highest BCUT2D eigenvalue weighted by Gasteiger charge is 2.25. The van der Waals surface area contributed by atoms with Gasteiger partial charge >= 0.3 is 17.9 Å². The summed E-state index contributed by atoms with van der Waals surface area (Å²) in [5, 5.41) is 40.9. The first-order valence-electron chi connectivity index (χ1n) is 27.3. The second-order valence-electron chi connectivity index (χ2n) is 20.2. The van der Waals surface area contributed by atoms with Crippen molar-refractivity contribution < 1.29 is 64.7 Å². The smallest absolute Gasteiger partial charge is 0.335 e. The first-order valence-corrected chi connectivity index (χ1v) is 31.8. The van der Waals surface area contributed by atoms with Crippen molar-refractivity contribution in [2.45, 2.75) is 67.1 Å². The molecule has 9 aromatic rings. The zero-order valence-electron chi connectivity index (χ0n) is 47.9. The molecular formula is C66H61N5O15S3. The molecule has 9 rings (SSSR count). The van der Waals surface area contributed by atoms with E-state index in [4.69, 9.17) is 15.3 Å². The third-order valence-electron chi connectivity index (χ3n) is 13.4. The van der Waals surface area contributed by atoms with Gasteiger partial charge in [0, 0.05) is 35.7 Å². The molecule has 1 amide bonds. The number of aryl methyl sites for hydroxylation is 7. The summed E-state index contributed by atoms with van der Waals surface area (Å²) in [6.07, 6.45) is 4.07. The number of hydrogen-bond donors (Lipinski definition) is 7. The van der Waals surface area contributed by atoms with E-state index in [-0.39, 0.29) is 38.1 Å². The van der Waals surface area contributed by atoms with Crippen LogP contribution in [0.2, 0.25) is 0 Å². The number of carboxylic acids is 3. The average Bonchev–Trinajstić information content (AvgIpc) is 3.42. The maximum absolute atomic E-state index is 12.6. The summed E-state index contributed by atoms with van der Waals surface area (Å²) in [4.78, 5) is 54.5. The van der Waals surface area contributed by atoms with E-state index in [2.05, 4.69) is 19.5 Å². The van der Waals surface area contributed by atoms with Crippen LogP contribution < -0.4 is 19.5 Å². The van der Waals surface area contributed by atoms with Gasteiger partial charge in [0.15, 0.2) is 4.90 Å². The Morgan fingerprint density at radius 1 is 0.393 bits per heavy atom. The van der Waals surface area contributed by atoms with Gasteiger partial charge in [-0.25, -0.2) is 39.6 Å². The lowest BCUT2D eigenvalue weighted by molar-refractivity contribution is -0.387. The molecule has 0 bridgehead atoms. The van der Waals surface area contributed by atoms with Crippen LogP contribution in [0.1, 0.15) is 76.9 Å². The van der Waals surface area contributed by atoms with Gasteiger partial charge in [-0.15, -0.1) is 0 Å². The zero-order chi connectivity index (χ0) is 64.3. The van der Waals surface area contributed by atoms with Crippen LogP contribution in [-0.4, -0.2) is 69.3 Å². The number of rotatable bonds is 23. The Kier molecular flexibility index (Phi) is 22.4. The normalized spacial score (nSPS) is 11.1. The van der Waals surface area contributed by atoms with Gasteiger partial charge in [0.05, 0.1) is 31.4 Å². The molecule has 0 aromatic heterocycles. The van der Waals surface area contributed by atoms with Crippen LogP contribution in [0.25, 0.3) is 0 Å². The van der Waals surface area contributed by atoms with E-state index in [0.29, 0.717) is 49.2 Å². The SMILES string of the molecule is CC(=O)Nc1ccc(S(=O)(=O)Nc2ccc(CCc3cccc(C(=O)O)c3)cc2)cc1.Cc1ccc(S(=O)(=O)Nc2ccc(CCc3cccc(C(=O)O)c3)cc2)cc1.O=C(O)c1cccc(CCc2ccc(NS(=O)(=O)c3ccccc3[N+](=O)[O-])cc2)c1. The van der Waals surface area contributed by atoms with Crippen LogP contribution >= 0.6 is 0 Å². The number of amides is 1. The number of carbonyl (C=O) groups is 4. The van der Waals surface area contributed by atoms with E-state index in [9.17, 15) is 54.5 Å². The molecule has 0 aliphatic rings. The van der Waals surface area contributed by atoms with E-state index >= 15 is 0 Å². The molecule has 0 heterocycles. The van der Waals surface area contributed by atoms with E-state index in [0.717, 1.165) is 51.4 Å². The number of carboxylic acid groups (broad SMARTS) is 3. The van der Waals surface area contributed by atoms with Gasteiger partial charge in [0.2, 0.25) is 5.91 Å². The lowest BCUT2D eigenvalue weighted by Gasteiger charge is -2.10. The molecule has 0 radical (unpaired) electrons. The standard InChI is InChI=1S/C23H22N2O5S.C22H21NO4S.C21H18N2O6S/c1-16(26)24-20-11-13-22(14-12-20)31(29,30)25-21-9-7-17(8-10-21)5-6-18-3-2-4-19(15-18)23(27)28;1-16-5-13-21(14-6-16)28(26,27)23-20-11-9-17(10-12-20)7-8-18-3-2-4-19(15-18)22(24)25;24-21(25)17-5-3-4-16(14-17)9-8-15-10-12-18(13-11-15)22-30(28,29)20-7-2-1-6-19(20)23(26)27/h2-4,7-15,25H,5-6H2,1H3,(H,24,26)(H,27,28);2-6,9-15,23H,7-8H2,1H3,(H,24,25);1-7,10-14,22H,8-9H2,(H,24,25). The molecule has 23 heteroatoms. The van der Waals surface area contributed by atoms with Crippen LogP contribution in [0.15, 0.2) is 233 Å². The molecule has 0 aliphatic carbocycles. The van der Waals surface area contributed by atoms with Crippen molar-refractivity contribution in [1.82, 2.24) is 0 Å². The maximum atomic E-state index is 12.6. The van der Waals surface area contributed by atoms with E-state index in [1.54, 1.807) is 121 Å². The predicted molar refractivity (Wildman–Crippen MR) is 339 cm³/mol. The molecule has 9 aromatic carbocycles.